The lowest BCUT2D eigenvalue weighted by Gasteiger charge is -2.31. The van der Waals surface area contributed by atoms with Gasteiger partial charge in [-0.2, -0.15) is 18.3 Å². The van der Waals surface area contributed by atoms with E-state index in [9.17, 15) is 18.0 Å². The van der Waals surface area contributed by atoms with E-state index in [1.54, 1.807) is 4.57 Å². The van der Waals surface area contributed by atoms with Gasteiger partial charge >= 0.3 is 6.18 Å². The highest BCUT2D eigenvalue weighted by Gasteiger charge is 2.42. The van der Waals surface area contributed by atoms with Gasteiger partial charge in [0.25, 0.3) is 0 Å². The summed E-state index contributed by atoms with van der Waals surface area (Å²) in [7, 11) is 0. The second-order valence-electron chi connectivity index (χ2n) is 6.98. The Morgan fingerprint density at radius 1 is 1.41 bits per heavy atom. The van der Waals surface area contributed by atoms with Gasteiger partial charge in [-0.05, 0) is 44.5 Å². The molecule has 1 amide bonds. The second kappa shape index (κ2) is 7.84. The van der Waals surface area contributed by atoms with Crippen LogP contribution in [0.5, 0.6) is 0 Å². The molecule has 0 bridgehead atoms. The molecule has 1 heterocycles. The first-order valence-electron chi connectivity index (χ1n) is 8.82. The minimum Gasteiger partial charge on any atom is -0.352 e. The molecule has 1 fully saturated rings. The largest absolute Gasteiger partial charge is 0.391 e. The molecular weight excluding hydrogens is 377 g/mol. The quantitative estimate of drug-likeness (QED) is 0.761. The summed E-state index contributed by atoms with van der Waals surface area (Å²) in [6.07, 6.45) is -3.15. The molecule has 27 heavy (non-hydrogen) atoms. The number of alkyl halides is 3. The van der Waals surface area contributed by atoms with E-state index >= 15 is 0 Å². The fraction of sp³-hybridized carbons (Fsp3) is 0.500. The molecule has 9 heteroatoms. The molecule has 2 N–H and O–H groups in total. The molecule has 0 spiro atoms. The van der Waals surface area contributed by atoms with Gasteiger partial charge in [0.1, 0.15) is 6.54 Å². The Morgan fingerprint density at radius 3 is 2.89 bits per heavy atom. The van der Waals surface area contributed by atoms with Gasteiger partial charge in [-0.3, -0.25) is 14.5 Å². The molecule has 1 saturated carbocycles. The van der Waals surface area contributed by atoms with Gasteiger partial charge in [-0.15, -0.1) is 0 Å². The number of aryl methyl sites for hydroxylation is 1. The third kappa shape index (κ3) is 4.77. The molecule has 1 aromatic carbocycles. The number of carbonyl (C=O) groups is 1. The molecule has 0 aliphatic heterocycles. The van der Waals surface area contributed by atoms with Crippen LogP contribution in [0.25, 0.3) is 11.4 Å². The summed E-state index contributed by atoms with van der Waals surface area (Å²) in [5.41, 5.74) is 1.85. The fourth-order valence-corrected chi connectivity index (χ4v) is 3.70. The fourth-order valence-electron chi connectivity index (χ4n) is 3.50. The third-order valence-electron chi connectivity index (χ3n) is 4.84. The van der Waals surface area contributed by atoms with Crippen LogP contribution in [0.3, 0.4) is 0 Å². The molecule has 1 aromatic heterocycles. The van der Waals surface area contributed by atoms with E-state index in [1.807, 2.05) is 31.2 Å². The first kappa shape index (κ1) is 19.6. The number of benzene rings is 1. The van der Waals surface area contributed by atoms with E-state index in [0.29, 0.717) is 23.4 Å². The molecule has 2 atom stereocenters. The zero-order valence-corrected chi connectivity index (χ0v) is 15.7. The van der Waals surface area contributed by atoms with Crippen LogP contribution in [-0.2, 0) is 11.3 Å². The summed E-state index contributed by atoms with van der Waals surface area (Å²) < 4.78 is 40.7. The maximum Gasteiger partial charge on any atom is 0.391 e. The van der Waals surface area contributed by atoms with Crippen molar-refractivity contribution in [3.63, 3.8) is 0 Å². The van der Waals surface area contributed by atoms with Gasteiger partial charge in [0.15, 0.2) is 10.6 Å². The molecule has 5 nitrogen and oxygen atoms in total. The van der Waals surface area contributed by atoms with Crippen molar-refractivity contribution in [2.75, 3.05) is 0 Å². The van der Waals surface area contributed by atoms with E-state index in [-0.39, 0.29) is 25.3 Å². The SMILES string of the molecule is Cc1cccc(-c2n[nH]c(=S)n2CC(=O)N[C@H]2CCC[C@H](C(F)(F)F)C2)c1. The van der Waals surface area contributed by atoms with E-state index in [1.165, 1.54) is 0 Å². The van der Waals surface area contributed by atoms with E-state index in [2.05, 4.69) is 15.5 Å². The summed E-state index contributed by atoms with van der Waals surface area (Å²) in [6, 6.07) is 7.14. The van der Waals surface area contributed by atoms with Gasteiger partial charge in [0.2, 0.25) is 5.91 Å². The lowest BCUT2D eigenvalue weighted by Crippen LogP contribution is -2.42. The van der Waals surface area contributed by atoms with Crippen LogP contribution in [0.2, 0.25) is 0 Å². The maximum atomic E-state index is 12.9. The summed E-state index contributed by atoms with van der Waals surface area (Å²) in [5.74, 6) is -1.19. The topological polar surface area (TPSA) is 62.7 Å². The van der Waals surface area contributed by atoms with Gasteiger partial charge < -0.3 is 5.32 Å². The molecular formula is C18H21F3N4OS. The van der Waals surface area contributed by atoms with Gasteiger partial charge in [-0.1, -0.05) is 30.2 Å². The second-order valence-corrected chi connectivity index (χ2v) is 7.36. The number of nitrogens with zero attached hydrogens (tertiary/aromatic N) is 2. The van der Waals surface area contributed by atoms with E-state index < -0.39 is 18.1 Å². The number of aromatic nitrogens is 3. The Labute approximate surface area is 160 Å². The summed E-state index contributed by atoms with van der Waals surface area (Å²) in [6.45, 7) is 1.85. The monoisotopic (exact) mass is 398 g/mol. The highest BCUT2D eigenvalue weighted by atomic mass is 32.1. The van der Waals surface area contributed by atoms with Crippen LogP contribution in [0.1, 0.15) is 31.2 Å². The van der Waals surface area contributed by atoms with Crippen LogP contribution >= 0.6 is 12.2 Å². The van der Waals surface area contributed by atoms with Crippen molar-refractivity contribution in [2.24, 2.45) is 5.92 Å². The number of hydrogen-bond acceptors (Lipinski definition) is 3. The Kier molecular flexibility index (Phi) is 5.69. The minimum atomic E-state index is -4.21. The minimum absolute atomic E-state index is 0.0727. The van der Waals surface area contributed by atoms with Gasteiger partial charge in [0, 0.05) is 11.6 Å². The van der Waals surface area contributed by atoms with Crippen LogP contribution in [0, 0.1) is 17.6 Å². The van der Waals surface area contributed by atoms with E-state index in [0.717, 1.165) is 11.1 Å². The average Bonchev–Trinajstić information content (AvgIpc) is 2.95. The Hall–Kier alpha value is -2.16. The predicted octanol–water partition coefficient (Wildman–Crippen LogP) is 4.15. The van der Waals surface area contributed by atoms with Crippen molar-refractivity contribution < 1.29 is 18.0 Å². The molecule has 1 aliphatic rings. The van der Waals surface area contributed by atoms with Crippen molar-refractivity contribution in [1.82, 2.24) is 20.1 Å². The normalized spacial score (nSPS) is 20.4. The predicted molar refractivity (Wildman–Crippen MR) is 97.5 cm³/mol. The molecule has 0 saturated heterocycles. The smallest absolute Gasteiger partial charge is 0.352 e. The molecule has 0 radical (unpaired) electrons. The Morgan fingerprint density at radius 2 is 2.19 bits per heavy atom. The highest BCUT2D eigenvalue weighted by molar-refractivity contribution is 7.71. The lowest BCUT2D eigenvalue weighted by atomic mass is 9.85. The van der Waals surface area contributed by atoms with Crippen LogP contribution in [-0.4, -0.2) is 32.9 Å². The Balaban J connectivity index is 1.70. The van der Waals surface area contributed by atoms with Crippen molar-refractivity contribution in [2.45, 2.75) is 51.4 Å². The molecule has 1 aliphatic carbocycles. The summed E-state index contributed by atoms with van der Waals surface area (Å²) >= 11 is 5.21. The number of halogens is 3. The highest BCUT2D eigenvalue weighted by Crippen LogP contribution is 2.37. The average molecular weight is 398 g/mol. The maximum absolute atomic E-state index is 12.9. The van der Waals surface area contributed by atoms with Crippen LogP contribution in [0.15, 0.2) is 24.3 Å². The van der Waals surface area contributed by atoms with Crippen molar-refractivity contribution in [3.8, 4) is 11.4 Å². The number of hydrogen-bond donors (Lipinski definition) is 2. The van der Waals surface area contributed by atoms with Gasteiger partial charge in [0.05, 0.1) is 5.92 Å². The lowest BCUT2D eigenvalue weighted by molar-refractivity contribution is -0.184. The van der Waals surface area contributed by atoms with Gasteiger partial charge in [-0.25, -0.2) is 0 Å². The third-order valence-corrected chi connectivity index (χ3v) is 5.15. The molecule has 2 aromatic rings. The first-order chi connectivity index (χ1) is 12.7. The van der Waals surface area contributed by atoms with Crippen LogP contribution < -0.4 is 5.32 Å². The summed E-state index contributed by atoms with van der Waals surface area (Å²) in [4.78, 5) is 12.4. The molecule has 146 valence electrons. The van der Waals surface area contributed by atoms with Crippen LogP contribution in [0.4, 0.5) is 13.2 Å². The zero-order chi connectivity index (χ0) is 19.6. The molecule has 3 rings (SSSR count). The number of carbonyl (C=O) groups excluding carboxylic acids is 1. The molecule has 0 unspecified atom stereocenters. The van der Waals surface area contributed by atoms with Crippen molar-refractivity contribution >= 4 is 18.1 Å². The number of rotatable bonds is 4. The number of H-pyrrole nitrogens is 1. The van der Waals surface area contributed by atoms with Crippen molar-refractivity contribution in [1.29, 1.82) is 0 Å². The van der Waals surface area contributed by atoms with E-state index in [4.69, 9.17) is 12.2 Å². The Bertz CT molecular complexity index is 874. The number of amides is 1. The summed E-state index contributed by atoms with van der Waals surface area (Å²) in [5, 5.41) is 9.60. The zero-order valence-electron chi connectivity index (χ0n) is 14.8. The number of nitrogens with one attached hydrogen (secondary N) is 2. The van der Waals surface area contributed by atoms with Crippen molar-refractivity contribution in [3.05, 3.63) is 34.6 Å². The number of aromatic amines is 1. The first-order valence-corrected chi connectivity index (χ1v) is 9.23. The standard InChI is InChI=1S/C18H21F3N4OS/c1-11-4-2-5-12(8-11)16-23-24-17(27)25(16)10-15(26)22-14-7-3-6-13(9-14)18(19,20)21/h2,4-5,8,13-14H,3,6-7,9-10H2,1H3,(H,22,26)(H,24,27)/t13-,14-/m0/s1.